The molecule has 0 saturated heterocycles. The van der Waals surface area contributed by atoms with Gasteiger partial charge in [0.05, 0.1) is 7.11 Å². The average Bonchev–Trinajstić information content (AvgIpc) is 3.48. The minimum absolute atomic E-state index is 0.0477. The Morgan fingerprint density at radius 3 is 2.57 bits per heavy atom. The predicted octanol–water partition coefficient (Wildman–Crippen LogP) is 6.37. The maximum absolute atomic E-state index is 14.1. The van der Waals surface area contributed by atoms with Crippen LogP contribution in [-0.2, 0) is 27.2 Å². The molecular weight excluding hydrogens is 544 g/mol. The summed E-state index contributed by atoms with van der Waals surface area (Å²) in [5, 5.41) is 5.17. The number of hydrogen-bond donors (Lipinski definition) is 0. The third-order valence-corrected chi connectivity index (χ3v) is 11.3. The molecule has 2 aliphatic carbocycles. The van der Waals surface area contributed by atoms with E-state index >= 15 is 0 Å². The first-order valence-corrected chi connectivity index (χ1v) is 18.2. The fourth-order valence-corrected chi connectivity index (χ4v) is 7.95. The first-order valence-electron chi connectivity index (χ1n) is 11.9. The summed E-state index contributed by atoms with van der Waals surface area (Å²) >= 11 is 3.56. The van der Waals surface area contributed by atoms with E-state index in [2.05, 4.69) is 58.9 Å². The van der Waals surface area contributed by atoms with Crippen molar-refractivity contribution in [2.75, 3.05) is 18.0 Å². The molecule has 0 bridgehead atoms. The number of methoxy groups -OCH3 is 1. The number of ether oxygens (including phenoxy) is 1. The molecule has 0 N–H and O–H groups in total. The highest BCUT2D eigenvalue weighted by Crippen LogP contribution is 2.59. The van der Waals surface area contributed by atoms with Crippen molar-refractivity contribution in [1.29, 1.82) is 0 Å². The van der Waals surface area contributed by atoms with Crippen LogP contribution in [0.1, 0.15) is 29.5 Å². The van der Waals surface area contributed by atoms with E-state index in [0.29, 0.717) is 23.9 Å². The highest BCUT2D eigenvalue weighted by molar-refractivity contribution is 9.08. The molecule has 0 radical (unpaired) electrons. The van der Waals surface area contributed by atoms with Gasteiger partial charge in [0.15, 0.2) is 11.6 Å². The molecule has 2 aliphatic rings. The van der Waals surface area contributed by atoms with Crippen molar-refractivity contribution in [3.8, 4) is 17.1 Å². The van der Waals surface area contributed by atoms with Gasteiger partial charge in [-0.05, 0) is 54.6 Å². The number of nitrogens with zero attached hydrogens (tertiary/aromatic N) is 2. The molecule has 6 nitrogen and oxygen atoms in total. The SMILES string of the molecule is COc1ccccc1S(=O)(=O)N(CC[Si](C)(C)C)c1noc2c1CC1(CC1)c1ccc(CBr)cc1-2. The van der Waals surface area contributed by atoms with Crippen molar-refractivity contribution < 1.29 is 17.7 Å². The number of alkyl halides is 1. The third-order valence-electron chi connectivity index (χ3n) is 7.13. The van der Waals surface area contributed by atoms with Gasteiger partial charge < -0.3 is 9.26 Å². The zero-order chi connectivity index (χ0) is 25.0. The number of benzene rings is 2. The van der Waals surface area contributed by atoms with E-state index in [1.54, 1.807) is 24.3 Å². The van der Waals surface area contributed by atoms with Gasteiger partial charge in [0.1, 0.15) is 10.6 Å². The Morgan fingerprint density at radius 2 is 1.91 bits per heavy atom. The monoisotopic (exact) mass is 574 g/mol. The maximum atomic E-state index is 14.1. The molecular formula is C26H31BrN2O4SSi. The van der Waals surface area contributed by atoms with E-state index in [1.165, 1.54) is 17.0 Å². The molecule has 186 valence electrons. The summed E-state index contributed by atoms with van der Waals surface area (Å²) in [5.41, 5.74) is 4.43. The molecule has 0 amide bonds. The normalized spacial score (nSPS) is 16.0. The van der Waals surface area contributed by atoms with Crippen LogP contribution in [-0.4, -0.2) is 35.3 Å². The van der Waals surface area contributed by atoms with Gasteiger partial charge in [0.25, 0.3) is 10.0 Å². The molecule has 3 aromatic rings. The van der Waals surface area contributed by atoms with E-state index in [4.69, 9.17) is 9.26 Å². The second-order valence-electron chi connectivity index (χ2n) is 10.8. The smallest absolute Gasteiger partial charge is 0.269 e. The lowest BCUT2D eigenvalue weighted by Gasteiger charge is -2.29. The largest absolute Gasteiger partial charge is 0.495 e. The summed E-state index contributed by atoms with van der Waals surface area (Å²) in [7, 11) is -3.99. The van der Waals surface area contributed by atoms with E-state index in [-0.39, 0.29) is 10.3 Å². The second kappa shape index (κ2) is 8.78. The Kier molecular flexibility index (Phi) is 6.17. The Labute approximate surface area is 216 Å². The zero-order valence-corrected chi connectivity index (χ0v) is 24.0. The van der Waals surface area contributed by atoms with E-state index < -0.39 is 18.1 Å². The first kappa shape index (κ1) is 24.6. The van der Waals surface area contributed by atoms with Crippen LogP contribution in [0.2, 0.25) is 25.7 Å². The van der Waals surface area contributed by atoms with Gasteiger partial charge >= 0.3 is 0 Å². The van der Waals surface area contributed by atoms with E-state index in [0.717, 1.165) is 47.3 Å². The minimum Gasteiger partial charge on any atom is -0.495 e. The van der Waals surface area contributed by atoms with Gasteiger partial charge in [-0.3, -0.25) is 0 Å². The molecule has 1 saturated carbocycles. The highest BCUT2D eigenvalue weighted by atomic mass is 79.9. The topological polar surface area (TPSA) is 72.6 Å². The summed E-state index contributed by atoms with van der Waals surface area (Å²) in [6.07, 6.45) is 2.92. The lowest BCUT2D eigenvalue weighted by atomic mass is 9.79. The first-order chi connectivity index (χ1) is 16.6. The van der Waals surface area contributed by atoms with Gasteiger partial charge in [-0.2, -0.15) is 0 Å². The van der Waals surface area contributed by atoms with Crippen LogP contribution in [0.3, 0.4) is 0 Å². The summed E-state index contributed by atoms with van der Waals surface area (Å²) in [6.45, 7) is 7.10. The van der Waals surface area contributed by atoms with E-state index in [1.807, 2.05) is 0 Å². The van der Waals surface area contributed by atoms with Crippen molar-refractivity contribution in [1.82, 2.24) is 5.16 Å². The lowest BCUT2D eigenvalue weighted by Crippen LogP contribution is -2.37. The Morgan fingerprint density at radius 1 is 1.17 bits per heavy atom. The molecule has 2 aromatic carbocycles. The molecule has 1 aromatic heterocycles. The number of hydrogen-bond acceptors (Lipinski definition) is 5. The van der Waals surface area contributed by atoms with Gasteiger partial charge in [-0.1, -0.05) is 65.0 Å². The van der Waals surface area contributed by atoms with Crippen molar-refractivity contribution in [3.05, 3.63) is 59.2 Å². The Balaban J connectivity index is 1.66. The number of para-hydroxylation sites is 1. The highest BCUT2D eigenvalue weighted by Gasteiger charge is 2.51. The molecule has 0 aliphatic heterocycles. The summed E-state index contributed by atoms with van der Waals surface area (Å²) in [6, 6.07) is 14.1. The Bertz CT molecular complexity index is 1380. The van der Waals surface area contributed by atoms with Crippen LogP contribution >= 0.6 is 15.9 Å². The van der Waals surface area contributed by atoms with Crippen molar-refractivity contribution in [3.63, 3.8) is 0 Å². The van der Waals surface area contributed by atoms with Gasteiger partial charge in [-0.15, -0.1) is 0 Å². The Hall–Kier alpha value is -2.10. The molecule has 0 unspecified atom stereocenters. The van der Waals surface area contributed by atoms with Gasteiger partial charge in [0, 0.05) is 36.5 Å². The quantitative estimate of drug-likeness (QED) is 0.231. The van der Waals surface area contributed by atoms with Crippen LogP contribution in [0.15, 0.2) is 51.9 Å². The number of fused-ring (bicyclic) bond motifs is 4. The molecule has 1 fully saturated rings. The molecule has 0 atom stereocenters. The molecule has 5 rings (SSSR count). The zero-order valence-electron chi connectivity index (χ0n) is 20.6. The van der Waals surface area contributed by atoms with Crippen molar-refractivity contribution in [2.24, 2.45) is 0 Å². The average molecular weight is 576 g/mol. The van der Waals surface area contributed by atoms with Crippen LogP contribution in [0.25, 0.3) is 11.3 Å². The molecule has 1 spiro atoms. The fourth-order valence-electron chi connectivity index (χ4n) is 4.95. The molecule has 1 heterocycles. The number of rotatable bonds is 8. The van der Waals surface area contributed by atoms with Crippen molar-refractivity contribution >= 4 is 39.8 Å². The lowest BCUT2D eigenvalue weighted by molar-refractivity contribution is 0.402. The van der Waals surface area contributed by atoms with E-state index in [9.17, 15) is 8.42 Å². The van der Waals surface area contributed by atoms with Gasteiger partial charge in [0.2, 0.25) is 0 Å². The van der Waals surface area contributed by atoms with Gasteiger partial charge in [-0.25, -0.2) is 12.7 Å². The van der Waals surface area contributed by atoms with Crippen LogP contribution in [0, 0.1) is 0 Å². The maximum Gasteiger partial charge on any atom is 0.269 e. The molecule has 35 heavy (non-hydrogen) atoms. The number of halogens is 1. The molecule has 9 heteroatoms. The van der Waals surface area contributed by atoms with Crippen LogP contribution < -0.4 is 9.04 Å². The minimum atomic E-state index is -3.93. The number of aromatic nitrogens is 1. The summed E-state index contributed by atoms with van der Waals surface area (Å²) < 4.78 is 41.1. The summed E-state index contributed by atoms with van der Waals surface area (Å²) in [4.78, 5) is 0.147. The second-order valence-corrected chi connectivity index (χ2v) is 18.8. The van der Waals surface area contributed by atoms with Crippen LogP contribution in [0.4, 0.5) is 5.82 Å². The van der Waals surface area contributed by atoms with Crippen LogP contribution in [0.5, 0.6) is 5.75 Å². The number of anilines is 1. The summed E-state index contributed by atoms with van der Waals surface area (Å²) in [5.74, 6) is 1.45. The van der Waals surface area contributed by atoms with Crippen molar-refractivity contribution in [2.45, 2.75) is 60.6 Å². The standard InChI is InChI=1S/C26H31BrN2O4SSi/c1-32-22-7-5-6-8-23(22)34(30,31)29(13-14-35(2,3)4)25-20-16-26(11-12-26)21-10-9-18(17-27)15-19(21)24(20)33-28-25/h5-10,15H,11-14,16-17H2,1-4H3. The predicted molar refractivity (Wildman–Crippen MR) is 145 cm³/mol. The fraction of sp³-hybridized carbons (Fsp3) is 0.423. The number of sulfonamides is 1. The third kappa shape index (κ3) is 4.36.